The molecule has 0 bridgehead atoms. The summed E-state index contributed by atoms with van der Waals surface area (Å²) in [6.45, 7) is 10.6. The minimum absolute atomic E-state index is 0.359. The highest BCUT2D eigenvalue weighted by Crippen LogP contribution is 2.22. The SMILES string of the molecule is CCCSC(C)CC(C)(C#N)NC(C)C. The summed E-state index contributed by atoms with van der Waals surface area (Å²) in [5.74, 6) is 1.18. The third kappa shape index (κ3) is 6.81. The van der Waals surface area contributed by atoms with Gasteiger partial charge in [0.15, 0.2) is 0 Å². The van der Waals surface area contributed by atoms with E-state index in [1.165, 1.54) is 12.2 Å². The van der Waals surface area contributed by atoms with Crippen LogP contribution in [0.3, 0.4) is 0 Å². The van der Waals surface area contributed by atoms with Crippen LogP contribution in [0.1, 0.15) is 47.5 Å². The van der Waals surface area contributed by atoms with Crippen LogP contribution < -0.4 is 5.32 Å². The Morgan fingerprint density at radius 1 is 1.40 bits per heavy atom. The first-order chi connectivity index (χ1) is 6.93. The van der Waals surface area contributed by atoms with E-state index in [0.717, 1.165) is 6.42 Å². The molecule has 2 atom stereocenters. The number of hydrogen-bond donors (Lipinski definition) is 1. The fraction of sp³-hybridized carbons (Fsp3) is 0.917. The molecule has 88 valence electrons. The van der Waals surface area contributed by atoms with Crippen LogP contribution in [0.2, 0.25) is 0 Å². The van der Waals surface area contributed by atoms with Crippen molar-refractivity contribution in [3.8, 4) is 6.07 Å². The average molecular weight is 228 g/mol. The third-order valence-corrected chi connectivity index (χ3v) is 3.54. The van der Waals surface area contributed by atoms with Crippen molar-refractivity contribution < 1.29 is 0 Å². The number of rotatable bonds is 7. The second kappa shape index (κ2) is 7.14. The molecule has 2 nitrogen and oxygen atoms in total. The Bertz CT molecular complexity index is 210. The molecule has 0 saturated carbocycles. The quantitative estimate of drug-likeness (QED) is 0.727. The summed E-state index contributed by atoms with van der Waals surface area (Å²) in [7, 11) is 0. The predicted octanol–water partition coefficient (Wildman–Crippen LogP) is 3.19. The molecule has 1 N–H and O–H groups in total. The van der Waals surface area contributed by atoms with Crippen LogP contribution in [0.4, 0.5) is 0 Å². The monoisotopic (exact) mass is 228 g/mol. The maximum Gasteiger partial charge on any atom is 0.105 e. The molecule has 0 aromatic heterocycles. The van der Waals surface area contributed by atoms with E-state index in [1.807, 2.05) is 18.7 Å². The average Bonchev–Trinajstić information content (AvgIpc) is 2.13. The van der Waals surface area contributed by atoms with Gasteiger partial charge in [-0.2, -0.15) is 17.0 Å². The van der Waals surface area contributed by atoms with Gasteiger partial charge in [-0.25, -0.2) is 0 Å². The summed E-state index contributed by atoms with van der Waals surface area (Å²) in [5, 5.41) is 13.1. The van der Waals surface area contributed by atoms with E-state index >= 15 is 0 Å². The maximum atomic E-state index is 9.19. The van der Waals surface area contributed by atoms with Crippen LogP contribution >= 0.6 is 11.8 Å². The minimum Gasteiger partial charge on any atom is -0.297 e. The Morgan fingerprint density at radius 2 is 2.00 bits per heavy atom. The highest BCUT2D eigenvalue weighted by Gasteiger charge is 2.26. The third-order valence-electron chi connectivity index (χ3n) is 2.16. The molecule has 0 radical (unpaired) electrons. The smallest absolute Gasteiger partial charge is 0.105 e. The van der Waals surface area contributed by atoms with Gasteiger partial charge in [0.25, 0.3) is 0 Å². The topological polar surface area (TPSA) is 35.8 Å². The summed E-state index contributed by atoms with van der Waals surface area (Å²) in [4.78, 5) is 0. The fourth-order valence-electron chi connectivity index (χ4n) is 1.73. The van der Waals surface area contributed by atoms with E-state index in [-0.39, 0.29) is 5.54 Å². The van der Waals surface area contributed by atoms with Crippen molar-refractivity contribution in [2.24, 2.45) is 0 Å². The molecule has 0 aromatic rings. The van der Waals surface area contributed by atoms with E-state index < -0.39 is 0 Å². The molecule has 15 heavy (non-hydrogen) atoms. The maximum absolute atomic E-state index is 9.19. The molecule has 0 rings (SSSR count). The fourth-order valence-corrected chi connectivity index (χ4v) is 2.82. The summed E-state index contributed by atoms with van der Waals surface area (Å²) in [6, 6.07) is 2.75. The first kappa shape index (κ1) is 14.8. The largest absolute Gasteiger partial charge is 0.297 e. The summed E-state index contributed by atoms with van der Waals surface area (Å²) in [6.07, 6.45) is 2.11. The molecule has 0 aromatic carbocycles. The molecule has 0 heterocycles. The lowest BCUT2D eigenvalue weighted by atomic mass is 9.97. The number of nitriles is 1. The number of hydrogen-bond acceptors (Lipinski definition) is 3. The predicted molar refractivity (Wildman–Crippen MR) is 69.1 cm³/mol. The molecule has 2 unspecified atom stereocenters. The van der Waals surface area contributed by atoms with Crippen molar-refractivity contribution in [1.82, 2.24) is 5.32 Å². The highest BCUT2D eigenvalue weighted by molar-refractivity contribution is 7.99. The van der Waals surface area contributed by atoms with Crippen molar-refractivity contribution in [2.75, 3.05) is 5.75 Å². The van der Waals surface area contributed by atoms with Gasteiger partial charge < -0.3 is 0 Å². The van der Waals surface area contributed by atoms with Crippen LogP contribution in [0.25, 0.3) is 0 Å². The van der Waals surface area contributed by atoms with Gasteiger partial charge in [-0.3, -0.25) is 5.32 Å². The highest BCUT2D eigenvalue weighted by atomic mass is 32.2. The van der Waals surface area contributed by atoms with Crippen LogP contribution in [0, 0.1) is 11.3 Å². The van der Waals surface area contributed by atoms with Gasteiger partial charge in [0.2, 0.25) is 0 Å². The zero-order valence-electron chi connectivity index (χ0n) is 10.6. The molecule has 0 spiro atoms. The molecule has 0 amide bonds. The normalized spacial score (nSPS) is 17.1. The lowest BCUT2D eigenvalue weighted by Gasteiger charge is -2.28. The standard InChI is InChI=1S/C12H24N2S/c1-6-7-15-11(4)8-12(5,9-13)14-10(2)3/h10-11,14H,6-8H2,1-5H3. The summed E-state index contributed by atoms with van der Waals surface area (Å²) in [5.41, 5.74) is -0.381. The van der Waals surface area contributed by atoms with Crippen molar-refractivity contribution in [3.63, 3.8) is 0 Å². The van der Waals surface area contributed by atoms with E-state index in [4.69, 9.17) is 0 Å². The Kier molecular flexibility index (Phi) is 7.04. The Balaban J connectivity index is 4.13. The van der Waals surface area contributed by atoms with Crippen molar-refractivity contribution in [2.45, 2.75) is 64.3 Å². The van der Waals surface area contributed by atoms with Crippen molar-refractivity contribution >= 4 is 11.8 Å². The van der Waals surface area contributed by atoms with E-state index in [0.29, 0.717) is 11.3 Å². The van der Waals surface area contributed by atoms with Gasteiger partial charge in [0.05, 0.1) is 6.07 Å². The van der Waals surface area contributed by atoms with Gasteiger partial charge in [0, 0.05) is 11.3 Å². The second-order valence-electron chi connectivity index (χ2n) is 4.63. The second-order valence-corrected chi connectivity index (χ2v) is 6.17. The number of nitrogens with one attached hydrogen (secondary N) is 1. The van der Waals surface area contributed by atoms with Crippen molar-refractivity contribution in [1.29, 1.82) is 5.26 Å². The minimum atomic E-state index is -0.381. The zero-order valence-corrected chi connectivity index (χ0v) is 11.4. The molecule has 0 aliphatic carbocycles. The van der Waals surface area contributed by atoms with Gasteiger partial charge in [-0.1, -0.05) is 13.8 Å². The van der Waals surface area contributed by atoms with Gasteiger partial charge >= 0.3 is 0 Å². The molecule has 0 aliphatic heterocycles. The zero-order chi connectivity index (χ0) is 11.9. The van der Waals surface area contributed by atoms with E-state index in [2.05, 4.69) is 39.1 Å². The Hall–Kier alpha value is -0.200. The molecular formula is C12H24N2S. The Labute approximate surface area is 98.8 Å². The van der Waals surface area contributed by atoms with Crippen LogP contribution in [-0.4, -0.2) is 22.6 Å². The number of thioether (sulfide) groups is 1. The molecule has 0 fully saturated rings. The lowest BCUT2D eigenvalue weighted by molar-refractivity contribution is 0.382. The lowest BCUT2D eigenvalue weighted by Crippen LogP contribution is -2.46. The van der Waals surface area contributed by atoms with Crippen LogP contribution in [-0.2, 0) is 0 Å². The van der Waals surface area contributed by atoms with Gasteiger partial charge in [-0.15, -0.1) is 0 Å². The van der Waals surface area contributed by atoms with Crippen LogP contribution in [0.5, 0.6) is 0 Å². The molecule has 0 aliphatic rings. The first-order valence-electron chi connectivity index (χ1n) is 5.74. The first-order valence-corrected chi connectivity index (χ1v) is 6.79. The van der Waals surface area contributed by atoms with Gasteiger partial charge in [0.1, 0.15) is 5.54 Å². The van der Waals surface area contributed by atoms with Gasteiger partial charge in [-0.05, 0) is 39.4 Å². The summed E-state index contributed by atoms with van der Waals surface area (Å²) >= 11 is 1.95. The molecule has 0 saturated heterocycles. The van der Waals surface area contributed by atoms with Crippen molar-refractivity contribution in [3.05, 3.63) is 0 Å². The molecular weight excluding hydrogens is 204 g/mol. The Morgan fingerprint density at radius 3 is 2.40 bits per heavy atom. The van der Waals surface area contributed by atoms with E-state index in [1.54, 1.807) is 0 Å². The van der Waals surface area contributed by atoms with Crippen LogP contribution in [0.15, 0.2) is 0 Å². The van der Waals surface area contributed by atoms with E-state index in [9.17, 15) is 5.26 Å². The summed E-state index contributed by atoms with van der Waals surface area (Å²) < 4.78 is 0. The number of nitrogens with zero attached hydrogens (tertiary/aromatic N) is 1. The molecule has 3 heteroatoms.